The first kappa shape index (κ1) is 15.9. The number of carbonyl (C=O) groups excluding carboxylic acids is 1. The van der Waals surface area contributed by atoms with Gasteiger partial charge >= 0.3 is 0 Å². The molecule has 0 spiro atoms. The monoisotopic (exact) mass is 357 g/mol. The summed E-state index contributed by atoms with van der Waals surface area (Å²) >= 11 is 0. The van der Waals surface area contributed by atoms with Crippen molar-refractivity contribution in [3.63, 3.8) is 0 Å². The van der Waals surface area contributed by atoms with Gasteiger partial charge in [-0.2, -0.15) is 0 Å². The molecule has 0 bridgehead atoms. The third kappa shape index (κ3) is 2.63. The molecule has 4 aromatic rings. The number of nitrogens with one attached hydrogen (secondary N) is 3. The van der Waals surface area contributed by atoms with E-state index < -0.39 is 0 Å². The fraction of sp³-hybridized carbons (Fsp3) is 0.182. The molecule has 0 unspecified atom stereocenters. The Morgan fingerprint density at radius 2 is 1.67 bits per heavy atom. The first-order valence-electron chi connectivity index (χ1n) is 9.23. The van der Waals surface area contributed by atoms with Gasteiger partial charge in [0, 0.05) is 33.6 Å². The van der Waals surface area contributed by atoms with Crippen LogP contribution >= 0.6 is 0 Å². The summed E-state index contributed by atoms with van der Waals surface area (Å²) in [5, 5.41) is 5.13. The second kappa shape index (κ2) is 6.13. The highest BCUT2D eigenvalue weighted by atomic mass is 16.2. The Morgan fingerprint density at radius 1 is 0.963 bits per heavy atom. The van der Waals surface area contributed by atoms with Crippen molar-refractivity contribution in [1.29, 1.82) is 0 Å². The zero-order valence-electron chi connectivity index (χ0n) is 14.7. The zero-order chi connectivity index (χ0) is 18.4. The van der Waals surface area contributed by atoms with Crippen molar-refractivity contribution in [2.75, 3.05) is 0 Å². The number of pyridine rings is 1. The molecule has 1 amide bonds. The summed E-state index contributed by atoms with van der Waals surface area (Å²) in [5.41, 5.74) is 4.30. The number of fused-ring (bicyclic) bond motifs is 4. The van der Waals surface area contributed by atoms with Gasteiger partial charge in [-0.15, -0.1) is 0 Å². The van der Waals surface area contributed by atoms with Gasteiger partial charge in [-0.1, -0.05) is 36.4 Å². The van der Waals surface area contributed by atoms with Crippen LogP contribution in [0.4, 0.5) is 0 Å². The molecular weight excluding hydrogens is 338 g/mol. The molecule has 0 saturated carbocycles. The highest BCUT2D eigenvalue weighted by Gasteiger charge is 2.26. The minimum absolute atomic E-state index is 0.0771. The number of aromatic amines is 2. The smallest absolute Gasteiger partial charge is 0.252 e. The van der Waals surface area contributed by atoms with Crippen molar-refractivity contribution in [2.45, 2.75) is 25.3 Å². The van der Waals surface area contributed by atoms with E-state index in [0.29, 0.717) is 11.1 Å². The number of para-hydroxylation sites is 2. The lowest BCUT2D eigenvalue weighted by Crippen LogP contribution is -2.31. The first-order valence-corrected chi connectivity index (χ1v) is 9.23. The summed E-state index contributed by atoms with van der Waals surface area (Å²) in [7, 11) is 0. The second-order valence-electron chi connectivity index (χ2n) is 7.07. The number of hydrogen-bond acceptors (Lipinski definition) is 2. The predicted molar refractivity (Wildman–Crippen MR) is 106 cm³/mol. The third-order valence-electron chi connectivity index (χ3n) is 5.42. The number of aryl methyl sites for hydroxylation is 1. The fourth-order valence-electron chi connectivity index (χ4n) is 4.19. The third-order valence-corrected chi connectivity index (χ3v) is 5.42. The van der Waals surface area contributed by atoms with E-state index >= 15 is 0 Å². The van der Waals surface area contributed by atoms with Crippen LogP contribution in [0.25, 0.3) is 21.8 Å². The van der Waals surface area contributed by atoms with Crippen molar-refractivity contribution < 1.29 is 4.79 Å². The van der Waals surface area contributed by atoms with Gasteiger partial charge in [-0.05, 0) is 37.0 Å². The average molecular weight is 357 g/mol. The molecule has 2 heterocycles. The number of rotatable bonds is 2. The summed E-state index contributed by atoms with van der Waals surface area (Å²) in [6, 6.07) is 16.9. The average Bonchev–Trinajstić information content (AvgIpc) is 3.07. The van der Waals surface area contributed by atoms with Crippen molar-refractivity contribution in [3.05, 3.63) is 81.8 Å². The number of aromatic nitrogens is 2. The molecule has 0 radical (unpaired) electrons. The van der Waals surface area contributed by atoms with Crippen LogP contribution in [0, 0.1) is 0 Å². The quantitative estimate of drug-likeness (QED) is 0.510. The molecule has 3 N–H and O–H groups in total. The number of benzene rings is 2. The molecule has 134 valence electrons. The maximum absolute atomic E-state index is 13.0. The minimum atomic E-state index is -0.270. The Balaban J connectivity index is 1.54. The van der Waals surface area contributed by atoms with E-state index in [1.54, 1.807) is 0 Å². The molecule has 0 aliphatic heterocycles. The van der Waals surface area contributed by atoms with Crippen LogP contribution in [-0.2, 0) is 6.42 Å². The van der Waals surface area contributed by atoms with Gasteiger partial charge in [0.25, 0.3) is 5.91 Å². The summed E-state index contributed by atoms with van der Waals surface area (Å²) in [4.78, 5) is 31.3. The Bertz CT molecular complexity index is 1240. The van der Waals surface area contributed by atoms with Gasteiger partial charge < -0.3 is 15.3 Å². The normalized spacial score (nSPS) is 16.4. The lowest BCUT2D eigenvalue weighted by molar-refractivity contribution is 0.0933. The molecule has 0 saturated heterocycles. The van der Waals surface area contributed by atoms with E-state index in [2.05, 4.69) is 27.4 Å². The van der Waals surface area contributed by atoms with Crippen molar-refractivity contribution in [1.82, 2.24) is 15.3 Å². The van der Waals surface area contributed by atoms with Gasteiger partial charge in [0.2, 0.25) is 5.56 Å². The molecule has 0 fully saturated rings. The zero-order valence-corrected chi connectivity index (χ0v) is 14.7. The van der Waals surface area contributed by atoms with Crippen LogP contribution in [0.2, 0.25) is 0 Å². The molecule has 1 aliphatic rings. The van der Waals surface area contributed by atoms with Gasteiger partial charge in [0.1, 0.15) is 0 Å². The van der Waals surface area contributed by atoms with Gasteiger partial charge in [0.05, 0.1) is 11.6 Å². The number of H-pyrrole nitrogens is 2. The Labute approximate surface area is 155 Å². The standard InChI is InChI=1S/C22H19N3O2/c26-20-12-16(14-7-2-3-9-17(14)23-20)22(27)25-19-11-5-8-15-13-6-1-4-10-18(13)24-21(15)19/h1-4,6-7,9-10,12,19,24H,5,8,11H2,(H,23,26)(H,25,27)/t19-/m1/s1. The molecule has 5 heteroatoms. The van der Waals surface area contributed by atoms with Gasteiger partial charge in [-0.25, -0.2) is 0 Å². The van der Waals surface area contributed by atoms with Crippen LogP contribution in [0.3, 0.4) is 0 Å². The van der Waals surface area contributed by atoms with Gasteiger partial charge in [-0.3, -0.25) is 9.59 Å². The number of carbonyl (C=O) groups is 1. The molecule has 5 rings (SSSR count). The first-order chi connectivity index (χ1) is 13.2. The van der Waals surface area contributed by atoms with Crippen molar-refractivity contribution in [2.24, 2.45) is 0 Å². The lowest BCUT2D eigenvalue weighted by Gasteiger charge is -2.24. The highest BCUT2D eigenvalue weighted by Crippen LogP contribution is 2.34. The lowest BCUT2D eigenvalue weighted by atomic mass is 9.91. The molecule has 27 heavy (non-hydrogen) atoms. The fourth-order valence-corrected chi connectivity index (χ4v) is 4.19. The molecule has 2 aromatic heterocycles. The van der Waals surface area contributed by atoms with Crippen LogP contribution in [-0.4, -0.2) is 15.9 Å². The van der Waals surface area contributed by atoms with Crippen molar-refractivity contribution in [3.8, 4) is 0 Å². The van der Waals surface area contributed by atoms with E-state index in [1.807, 2.05) is 36.4 Å². The predicted octanol–water partition coefficient (Wildman–Crippen LogP) is 3.82. The maximum Gasteiger partial charge on any atom is 0.252 e. The number of amides is 1. The summed E-state index contributed by atoms with van der Waals surface area (Å²) in [5.74, 6) is -0.214. The largest absolute Gasteiger partial charge is 0.356 e. The van der Waals surface area contributed by atoms with Gasteiger partial charge in [0.15, 0.2) is 0 Å². The molecule has 2 aromatic carbocycles. The second-order valence-corrected chi connectivity index (χ2v) is 7.07. The summed E-state index contributed by atoms with van der Waals surface area (Å²) in [6.45, 7) is 0. The van der Waals surface area contributed by atoms with E-state index in [1.165, 1.54) is 17.0 Å². The van der Waals surface area contributed by atoms with E-state index in [-0.39, 0.29) is 17.5 Å². The van der Waals surface area contributed by atoms with Crippen LogP contribution in [0.15, 0.2) is 59.4 Å². The Hall–Kier alpha value is -3.34. The molecule has 1 atom stereocenters. The highest BCUT2D eigenvalue weighted by molar-refractivity contribution is 6.06. The Kier molecular flexibility index (Phi) is 3.60. The Morgan fingerprint density at radius 3 is 2.48 bits per heavy atom. The maximum atomic E-state index is 13.0. The van der Waals surface area contributed by atoms with E-state index in [9.17, 15) is 9.59 Å². The number of hydrogen-bond donors (Lipinski definition) is 3. The van der Waals surface area contributed by atoms with Crippen LogP contribution in [0.1, 0.15) is 40.5 Å². The van der Waals surface area contributed by atoms with Crippen LogP contribution in [0.5, 0.6) is 0 Å². The van der Waals surface area contributed by atoms with Crippen molar-refractivity contribution >= 4 is 27.7 Å². The van der Waals surface area contributed by atoms with E-state index in [4.69, 9.17) is 0 Å². The van der Waals surface area contributed by atoms with Crippen LogP contribution < -0.4 is 10.9 Å². The SMILES string of the molecule is O=C(N[C@@H]1CCCc2c1[nH]c1ccccc21)c1cc(=O)[nH]c2ccccc12. The summed E-state index contributed by atoms with van der Waals surface area (Å²) < 4.78 is 0. The topological polar surface area (TPSA) is 77.8 Å². The molecular formula is C22H19N3O2. The molecule has 1 aliphatic carbocycles. The molecule has 5 nitrogen and oxygen atoms in total. The minimum Gasteiger partial charge on any atom is -0.356 e. The summed E-state index contributed by atoms with van der Waals surface area (Å²) in [6.07, 6.45) is 2.92. The van der Waals surface area contributed by atoms with E-state index in [0.717, 1.165) is 35.9 Å².